The molecule has 30 heavy (non-hydrogen) atoms. The van der Waals surface area contributed by atoms with Gasteiger partial charge in [0.05, 0.1) is 18.9 Å². The van der Waals surface area contributed by atoms with E-state index >= 15 is 0 Å². The van der Waals surface area contributed by atoms with Crippen molar-refractivity contribution in [3.63, 3.8) is 0 Å². The lowest BCUT2D eigenvalue weighted by Crippen LogP contribution is -2.37. The van der Waals surface area contributed by atoms with E-state index in [9.17, 15) is 14.4 Å². The number of ether oxygens (including phenoxy) is 1. The van der Waals surface area contributed by atoms with Gasteiger partial charge in [-0.3, -0.25) is 19.1 Å². The molecule has 3 rings (SSSR count). The molecule has 0 unspecified atom stereocenters. The molecule has 0 radical (unpaired) electrons. The Labute approximate surface area is 175 Å². The molecule has 0 bridgehead atoms. The summed E-state index contributed by atoms with van der Waals surface area (Å²) in [6, 6.07) is 5.87. The van der Waals surface area contributed by atoms with Crippen LogP contribution < -0.4 is 17.0 Å². The number of carbonyl (C=O) groups excluding carboxylic acids is 1. The number of nitrogens with one attached hydrogen (secondary N) is 1. The Balaban J connectivity index is 1.77. The van der Waals surface area contributed by atoms with Gasteiger partial charge in [0.25, 0.3) is 10.8 Å². The van der Waals surface area contributed by atoms with E-state index in [1.807, 2.05) is 32.0 Å². The highest BCUT2D eigenvalue weighted by molar-refractivity contribution is 7.99. The summed E-state index contributed by atoms with van der Waals surface area (Å²) in [5, 5.41) is 8.13. The second-order valence-electron chi connectivity index (χ2n) is 6.63. The SMILES string of the molecule is COCCn1c(N)c(C(=O)CSc2nnc(-c3cc(C)cc(C)c3)o2)c(=O)[nH]c1=O. The van der Waals surface area contributed by atoms with Crippen LogP contribution in [0.3, 0.4) is 0 Å². The van der Waals surface area contributed by atoms with E-state index in [4.69, 9.17) is 14.9 Å². The Morgan fingerprint density at radius 2 is 1.93 bits per heavy atom. The minimum atomic E-state index is -0.835. The van der Waals surface area contributed by atoms with Crippen LogP contribution in [0.1, 0.15) is 21.5 Å². The number of ketones is 1. The number of aromatic amines is 1. The first-order valence-corrected chi connectivity index (χ1v) is 9.98. The fourth-order valence-electron chi connectivity index (χ4n) is 2.94. The van der Waals surface area contributed by atoms with Crippen molar-refractivity contribution < 1.29 is 13.9 Å². The third kappa shape index (κ3) is 4.69. The van der Waals surface area contributed by atoms with Gasteiger partial charge in [0.15, 0.2) is 5.78 Å². The predicted octanol–water partition coefficient (Wildman–Crippen LogP) is 1.41. The molecule has 2 heterocycles. The summed E-state index contributed by atoms with van der Waals surface area (Å²) in [6.07, 6.45) is 0. The van der Waals surface area contributed by atoms with Crippen molar-refractivity contribution in [2.75, 3.05) is 25.2 Å². The number of carbonyl (C=O) groups is 1. The number of nitrogen functional groups attached to an aromatic ring is 1. The highest BCUT2D eigenvalue weighted by Crippen LogP contribution is 2.25. The minimum Gasteiger partial charge on any atom is -0.411 e. The van der Waals surface area contributed by atoms with Crippen molar-refractivity contribution in [2.45, 2.75) is 25.6 Å². The number of thioether (sulfide) groups is 1. The van der Waals surface area contributed by atoms with Gasteiger partial charge >= 0.3 is 5.69 Å². The van der Waals surface area contributed by atoms with Crippen LogP contribution in [0.2, 0.25) is 0 Å². The maximum Gasteiger partial charge on any atom is 0.330 e. The quantitative estimate of drug-likeness (QED) is 0.399. The zero-order chi connectivity index (χ0) is 21.8. The van der Waals surface area contributed by atoms with Crippen LogP contribution in [0.15, 0.2) is 37.4 Å². The number of hydrogen-bond donors (Lipinski definition) is 2. The van der Waals surface area contributed by atoms with Crippen molar-refractivity contribution in [3.8, 4) is 11.5 Å². The molecule has 1 aromatic carbocycles. The molecule has 0 amide bonds. The lowest BCUT2D eigenvalue weighted by Gasteiger charge is -2.11. The molecule has 3 aromatic rings. The van der Waals surface area contributed by atoms with Gasteiger partial charge in [-0.15, -0.1) is 10.2 Å². The summed E-state index contributed by atoms with van der Waals surface area (Å²) in [6.45, 7) is 4.24. The molecule has 0 saturated heterocycles. The third-order valence-corrected chi connectivity index (χ3v) is 5.06. The van der Waals surface area contributed by atoms with Crippen molar-refractivity contribution in [2.24, 2.45) is 0 Å². The molecule has 0 saturated carbocycles. The topological polar surface area (TPSA) is 146 Å². The van der Waals surface area contributed by atoms with E-state index in [2.05, 4.69) is 15.2 Å². The molecular formula is C19H21N5O5S. The first-order chi connectivity index (χ1) is 14.3. The number of aromatic nitrogens is 4. The molecule has 0 spiro atoms. The molecule has 0 aliphatic rings. The minimum absolute atomic E-state index is 0.105. The van der Waals surface area contributed by atoms with E-state index in [-0.39, 0.29) is 35.5 Å². The van der Waals surface area contributed by atoms with E-state index < -0.39 is 17.0 Å². The van der Waals surface area contributed by atoms with Crippen LogP contribution in [0.4, 0.5) is 5.82 Å². The molecule has 158 valence electrons. The monoisotopic (exact) mass is 431 g/mol. The first-order valence-electron chi connectivity index (χ1n) is 9.00. The summed E-state index contributed by atoms with van der Waals surface area (Å²) in [5.41, 5.74) is 6.99. The molecule has 11 heteroatoms. The van der Waals surface area contributed by atoms with Crippen molar-refractivity contribution in [1.29, 1.82) is 0 Å². The lowest BCUT2D eigenvalue weighted by atomic mass is 10.1. The number of aryl methyl sites for hydroxylation is 2. The Hall–Kier alpha value is -3.18. The first kappa shape index (κ1) is 21.5. The Bertz CT molecular complexity index is 1180. The second-order valence-corrected chi connectivity index (χ2v) is 7.55. The van der Waals surface area contributed by atoms with Crippen molar-refractivity contribution in [3.05, 3.63) is 55.7 Å². The van der Waals surface area contributed by atoms with Crippen LogP contribution in [-0.2, 0) is 11.3 Å². The fraction of sp³-hybridized carbons (Fsp3) is 0.316. The molecule has 10 nitrogen and oxygen atoms in total. The van der Waals surface area contributed by atoms with Gasteiger partial charge in [0, 0.05) is 12.7 Å². The summed E-state index contributed by atoms with van der Waals surface area (Å²) in [7, 11) is 1.46. The number of nitrogens with zero attached hydrogens (tertiary/aromatic N) is 3. The summed E-state index contributed by atoms with van der Waals surface area (Å²) in [5.74, 6) is -0.587. The van der Waals surface area contributed by atoms with E-state index in [0.717, 1.165) is 33.0 Å². The highest BCUT2D eigenvalue weighted by atomic mass is 32.2. The average molecular weight is 431 g/mol. The smallest absolute Gasteiger partial charge is 0.330 e. The van der Waals surface area contributed by atoms with Gasteiger partial charge in [0.2, 0.25) is 5.89 Å². The maximum atomic E-state index is 12.6. The van der Waals surface area contributed by atoms with Gasteiger partial charge in [-0.25, -0.2) is 4.79 Å². The third-order valence-electron chi connectivity index (χ3n) is 4.24. The molecule has 2 aromatic heterocycles. The number of hydrogen-bond acceptors (Lipinski definition) is 9. The van der Waals surface area contributed by atoms with E-state index in [1.165, 1.54) is 7.11 Å². The maximum absolute atomic E-state index is 12.6. The standard InChI is InChI=1S/C19H21N5O5S/c1-10-6-11(2)8-12(7-10)17-22-23-19(29-17)30-9-13(25)14-15(20)24(4-5-28-3)18(27)21-16(14)26/h6-8H,4-5,9,20H2,1-3H3,(H,21,26,27). The van der Waals surface area contributed by atoms with Crippen LogP contribution in [0.5, 0.6) is 0 Å². The van der Waals surface area contributed by atoms with Crippen LogP contribution in [0.25, 0.3) is 11.5 Å². The molecule has 0 atom stereocenters. The van der Waals surface area contributed by atoms with Gasteiger partial charge in [-0.2, -0.15) is 0 Å². The average Bonchev–Trinajstić information content (AvgIpc) is 3.14. The Kier molecular flexibility index (Phi) is 6.53. The zero-order valence-corrected chi connectivity index (χ0v) is 17.5. The number of anilines is 1. The molecule has 0 aliphatic heterocycles. The molecule has 0 fully saturated rings. The number of nitrogens with two attached hydrogens (primary N) is 1. The van der Waals surface area contributed by atoms with Gasteiger partial charge < -0.3 is 14.9 Å². The van der Waals surface area contributed by atoms with Gasteiger partial charge in [-0.05, 0) is 26.0 Å². The number of rotatable bonds is 8. The molecular weight excluding hydrogens is 410 g/mol. The summed E-state index contributed by atoms with van der Waals surface area (Å²) >= 11 is 0.982. The van der Waals surface area contributed by atoms with Crippen molar-refractivity contribution >= 4 is 23.4 Å². The number of methoxy groups -OCH3 is 1. The highest BCUT2D eigenvalue weighted by Gasteiger charge is 2.20. The zero-order valence-electron chi connectivity index (χ0n) is 16.7. The molecule has 3 N–H and O–H groups in total. The summed E-state index contributed by atoms with van der Waals surface area (Å²) < 4.78 is 11.6. The number of H-pyrrole nitrogens is 1. The number of benzene rings is 1. The largest absolute Gasteiger partial charge is 0.411 e. The van der Waals surface area contributed by atoms with Crippen molar-refractivity contribution in [1.82, 2.24) is 19.7 Å². The van der Waals surface area contributed by atoms with Crippen LogP contribution in [0, 0.1) is 13.8 Å². The fourth-order valence-corrected chi connectivity index (χ4v) is 3.58. The van der Waals surface area contributed by atoms with E-state index in [1.54, 1.807) is 0 Å². The Morgan fingerprint density at radius 1 is 1.23 bits per heavy atom. The normalized spacial score (nSPS) is 11.0. The van der Waals surface area contributed by atoms with E-state index in [0.29, 0.717) is 5.89 Å². The lowest BCUT2D eigenvalue weighted by molar-refractivity contribution is 0.102. The second kappa shape index (κ2) is 9.09. The van der Waals surface area contributed by atoms with Crippen LogP contribution >= 0.6 is 11.8 Å². The van der Waals surface area contributed by atoms with Gasteiger partial charge in [0.1, 0.15) is 11.4 Å². The number of Topliss-reactive ketones (excluding diaryl/α,β-unsaturated/α-hetero) is 1. The predicted molar refractivity (Wildman–Crippen MR) is 112 cm³/mol. The summed E-state index contributed by atoms with van der Waals surface area (Å²) in [4.78, 5) is 38.8. The van der Waals surface area contributed by atoms with Crippen LogP contribution in [-0.4, -0.2) is 45.0 Å². The van der Waals surface area contributed by atoms with Gasteiger partial charge in [-0.1, -0.05) is 29.0 Å². The Morgan fingerprint density at radius 3 is 2.60 bits per heavy atom. The molecule has 0 aliphatic carbocycles.